The molecular formula is C24H27ClFN5OS. The van der Waals surface area contributed by atoms with E-state index in [1.165, 1.54) is 43.2 Å². The Balaban J connectivity index is 1.47. The Morgan fingerprint density at radius 3 is 2.58 bits per heavy atom. The Morgan fingerprint density at radius 1 is 1.12 bits per heavy atom. The van der Waals surface area contributed by atoms with Gasteiger partial charge in [-0.3, -0.25) is 14.3 Å². The van der Waals surface area contributed by atoms with Crippen LogP contribution in [0.4, 0.5) is 4.39 Å². The highest BCUT2D eigenvalue weighted by Crippen LogP contribution is 2.25. The van der Waals surface area contributed by atoms with Crippen molar-refractivity contribution in [1.29, 1.82) is 0 Å². The third-order valence-electron chi connectivity index (χ3n) is 5.68. The summed E-state index contributed by atoms with van der Waals surface area (Å²) in [5, 5.41) is 13.0. The number of thioether (sulfide) groups is 1. The van der Waals surface area contributed by atoms with E-state index in [9.17, 15) is 9.18 Å². The molecule has 0 radical (unpaired) electrons. The van der Waals surface area contributed by atoms with Gasteiger partial charge in [0.25, 0.3) is 0 Å². The number of hydrogen-bond acceptors (Lipinski definition) is 5. The number of rotatable bonds is 8. The van der Waals surface area contributed by atoms with Crippen molar-refractivity contribution < 1.29 is 9.18 Å². The monoisotopic (exact) mass is 487 g/mol. The Morgan fingerprint density at radius 2 is 1.85 bits per heavy atom. The van der Waals surface area contributed by atoms with Crippen LogP contribution < -0.4 is 5.32 Å². The Labute approximate surface area is 202 Å². The molecule has 6 nitrogen and oxygen atoms in total. The van der Waals surface area contributed by atoms with Gasteiger partial charge in [0.15, 0.2) is 11.0 Å². The molecule has 1 amide bonds. The van der Waals surface area contributed by atoms with Gasteiger partial charge in [0.05, 0.1) is 18.3 Å². The maximum Gasteiger partial charge on any atom is 0.230 e. The molecule has 0 spiro atoms. The lowest BCUT2D eigenvalue weighted by Gasteiger charge is -2.26. The molecule has 174 valence electrons. The van der Waals surface area contributed by atoms with E-state index in [1.807, 2.05) is 35.8 Å². The third-order valence-corrected chi connectivity index (χ3v) is 6.95. The summed E-state index contributed by atoms with van der Waals surface area (Å²) in [6.07, 6.45) is 3.61. The Bertz CT molecular complexity index is 1080. The summed E-state index contributed by atoms with van der Waals surface area (Å²) in [6, 6.07) is 13.5. The molecule has 1 aliphatic rings. The van der Waals surface area contributed by atoms with Gasteiger partial charge in [-0.15, -0.1) is 10.2 Å². The number of carbonyl (C=O) groups is 1. The van der Waals surface area contributed by atoms with Gasteiger partial charge in [-0.1, -0.05) is 48.0 Å². The lowest BCUT2D eigenvalue weighted by molar-refractivity contribution is -0.119. The first-order valence-electron chi connectivity index (χ1n) is 11.1. The molecule has 3 aromatic rings. The van der Waals surface area contributed by atoms with Gasteiger partial charge in [-0.25, -0.2) is 4.39 Å². The molecule has 1 aliphatic heterocycles. The van der Waals surface area contributed by atoms with Crippen LogP contribution in [0.3, 0.4) is 0 Å². The minimum absolute atomic E-state index is 0.126. The average Bonchev–Trinajstić information content (AvgIpc) is 3.21. The molecule has 1 fully saturated rings. The number of benzene rings is 2. The van der Waals surface area contributed by atoms with Gasteiger partial charge < -0.3 is 5.32 Å². The highest BCUT2D eigenvalue weighted by Gasteiger charge is 2.20. The number of nitrogens with zero attached hydrogens (tertiary/aromatic N) is 4. The van der Waals surface area contributed by atoms with Crippen LogP contribution in [0.1, 0.15) is 43.6 Å². The molecular weight excluding hydrogens is 461 g/mol. The van der Waals surface area contributed by atoms with Crippen LogP contribution in [0.5, 0.6) is 0 Å². The first kappa shape index (κ1) is 23.7. The summed E-state index contributed by atoms with van der Waals surface area (Å²) in [6.45, 7) is 4.63. The van der Waals surface area contributed by atoms with E-state index >= 15 is 0 Å². The Hall–Kier alpha value is -2.42. The highest BCUT2D eigenvalue weighted by atomic mass is 35.5. The van der Waals surface area contributed by atoms with Gasteiger partial charge in [-0.2, -0.15) is 0 Å². The molecule has 2 aromatic carbocycles. The second-order valence-electron chi connectivity index (χ2n) is 8.15. The fourth-order valence-electron chi connectivity index (χ4n) is 3.98. The number of piperidine rings is 1. The maximum absolute atomic E-state index is 13.5. The first-order valence-corrected chi connectivity index (χ1v) is 12.5. The molecule has 4 rings (SSSR count). The van der Waals surface area contributed by atoms with Gasteiger partial charge in [0.2, 0.25) is 5.91 Å². The van der Waals surface area contributed by atoms with Crippen molar-refractivity contribution in [2.45, 2.75) is 43.9 Å². The SMILES string of the molecule is CC(NC(=O)CSc1nnc(CN2CCCCC2)n1-c1ccc(F)cc1)c1ccccc1Cl. The van der Waals surface area contributed by atoms with E-state index in [-0.39, 0.29) is 23.5 Å². The molecule has 1 unspecified atom stereocenters. The molecule has 9 heteroatoms. The van der Waals surface area contributed by atoms with Crippen LogP contribution in [0.2, 0.25) is 5.02 Å². The quantitative estimate of drug-likeness (QED) is 0.452. The van der Waals surface area contributed by atoms with E-state index < -0.39 is 0 Å². The van der Waals surface area contributed by atoms with Crippen molar-refractivity contribution in [3.63, 3.8) is 0 Å². The summed E-state index contributed by atoms with van der Waals surface area (Å²) in [4.78, 5) is 15.0. The number of hydrogen-bond donors (Lipinski definition) is 1. The molecule has 1 atom stereocenters. The van der Waals surface area contributed by atoms with Crippen LogP contribution in [0.15, 0.2) is 53.7 Å². The predicted octanol–water partition coefficient (Wildman–Crippen LogP) is 5.02. The molecule has 0 saturated carbocycles. The van der Waals surface area contributed by atoms with Crippen molar-refractivity contribution in [2.24, 2.45) is 0 Å². The van der Waals surface area contributed by atoms with Gasteiger partial charge in [0.1, 0.15) is 5.82 Å². The highest BCUT2D eigenvalue weighted by molar-refractivity contribution is 7.99. The zero-order valence-electron chi connectivity index (χ0n) is 18.5. The fourth-order valence-corrected chi connectivity index (χ4v) is 5.06. The molecule has 1 N–H and O–H groups in total. The zero-order chi connectivity index (χ0) is 23.2. The molecule has 1 aromatic heterocycles. The fraction of sp³-hybridized carbons (Fsp3) is 0.375. The third kappa shape index (κ3) is 6.13. The second kappa shape index (κ2) is 11.1. The summed E-state index contributed by atoms with van der Waals surface area (Å²) in [7, 11) is 0. The molecule has 0 bridgehead atoms. The maximum atomic E-state index is 13.5. The topological polar surface area (TPSA) is 63.1 Å². The number of aromatic nitrogens is 3. The van der Waals surface area contributed by atoms with Crippen molar-refractivity contribution in [3.8, 4) is 5.69 Å². The number of likely N-dealkylation sites (tertiary alicyclic amines) is 1. The molecule has 1 saturated heterocycles. The van der Waals surface area contributed by atoms with E-state index in [4.69, 9.17) is 11.6 Å². The van der Waals surface area contributed by atoms with Crippen LogP contribution in [-0.2, 0) is 11.3 Å². The van der Waals surface area contributed by atoms with E-state index in [2.05, 4.69) is 20.4 Å². The summed E-state index contributed by atoms with van der Waals surface area (Å²) < 4.78 is 15.4. The van der Waals surface area contributed by atoms with E-state index in [0.29, 0.717) is 16.7 Å². The van der Waals surface area contributed by atoms with Gasteiger partial charge >= 0.3 is 0 Å². The second-order valence-corrected chi connectivity index (χ2v) is 9.50. The van der Waals surface area contributed by atoms with Crippen LogP contribution >= 0.6 is 23.4 Å². The van der Waals surface area contributed by atoms with Crippen molar-refractivity contribution >= 4 is 29.3 Å². The number of amides is 1. The van der Waals surface area contributed by atoms with E-state index in [0.717, 1.165) is 30.2 Å². The van der Waals surface area contributed by atoms with Crippen molar-refractivity contribution in [3.05, 3.63) is 70.8 Å². The number of halogens is 2. The van der Waals surface area contributed by atoms with Gasteiger partial charge in [-0.05, 0) is 68.8 Å². The first-order chi connectivity index (χ1) is 16.0. The van der Waals surface area contributed by atoms with Crippen molar-refractivity contribution in [1.82, 2.24) is 25.0 Å². The molecule has 0 aliphatic carbocycles. The lowest BCUT2D eigenvalue weighted by Crippen LogP contribution is -2.30. The number of nitrogens with one attached hydrogen (secondary N) is 1. The zero-order valence-corrected chi connectivity index (χ0v) is 20.1. The average molecular weight is 488 g/mol. The van der Waals surface area contributed by atoms with Crippen LogP contribution in [0, 0.1) is 5.82 Å². The number of carbonyl (C=O) groups excluding carboxylic acids is 1. The van der Waals surface area contributed by atoms with Crippen molar-refractivity contribution in [2.75, 3.05) is 18.8 Å². The summed E-state index contributed by atoms with van der Waals surface area (Å²) >= 11 is 7.56. The summed E-state index contributed by atoms with van der Waals surface area (Å²) in [5.74, 6) is 0.540. The Kier molecular flexibility index (Phi) is 8.01. The van der Waals surface area contributed by atoms with Crippen LogP contribution in [0.25, 0.3) is 5.69 Å². The van der Waals surface area contributed by atoms with E-state index in [1.54, 1.807) is 12.1 Å². The largest absolute Gasteiger partial charge is 0.349 e. The smallest absolute Gasteiger partial charge is 0.230 e. The normalized spacial score (nSPS) is 15.4. The predicted molar refractivity (Wildman–Crippen MR) is 129 cm³/mol. The molecule has 2 heterocycles. The molecule has 33 heavy (non-hydrogen) atoms. The standard InChI is InChI=1S/C24H27ClFN5OS/c1-17(20-7-3-4-8-21(20)25)27-23(32)16-33-24-29-28-22(15-30-13-5-2-6-14-30)31(24)19-11-9-18(26)10-12-19/h3-4,7-12,17H,2,5-6,13-16H2,1H3,(H,27,32). The summed E-state index contributed by atoms with van der Waals surface area (Å²) in [5.41, 5.74) is 1.65. The minimum Gasteiger partial charge on any atom is -0.349 e. The minimum atomic E-state index is -0.299. The lowest BCUT2D eigenvalue weighted by atomic mass is 10.1. The van der Waals surface area contributed by atoms with Gasteiger partial charge in [0, 0.05) is 10.7 Å². The van der Waals surface area contributed by atoms with Crippen LogP contribution in [-0.4, -0.2) is 44.4 Å².